The van der Waals surface area contributed by atoms with Crippen LogP contribution in [0.3, 0.4) is 0 Å². The third kappa shape index (κ3) is 3.29. The number of carbonyl (C=O) groups excluding carboxylic acids is 1. The highest BCUT2D eigenvalue weighted by Crippen LogP contribution is 2.27. The van der Waals surface area contributed by atoms with Crippen molar-refractivity contribution in [2.45, 2.75) is 38.8 Å². The van der Waals surface area contributed by atoms with Gasteiger partial charge >= 0.3 is 5.69 Å². The Balaban J connectivity index is 1.49. The Morgan fingerprint density at radius 1 is 0.926 bits per heavy atom. The predicted molar refractivity (Wildman–Crippen MR) is 107 cm³/mol. The highest BCUT2D eigenvalue weighted by Gasteiger charge is 2.25. The molecule has 0 unspecified atom stereocenters. The summed E-state index contributed by atoms with van der Waals surface area (Å²) in [7, 11) is 0. The summed E-state index contributed by atoms with van der Waals surface area (Å²) in [4.78, 5) is 27.5. The van der Waals surface area contributed by atoms with Crippen LogP contribution >= 0.6 is 0 Å². The van der Waals surface area contributed by atoms with Gasteiger partial charge in [-0.25, -0.2) is 4.79 Å². The number of piperidine rings is 1. The lowest BCUT2D eigenvalue weighted by Crippen LogP contribution is -2.41. The van der Waals surface area contributed by atoms with Gasteiger partial charge in [-0.1, -0.05) is 42.5 Å². The van der Waals surface area contributed by atoms with Gasteiger partial charge in [0, 0.05) is 19.6 Å². The average molecular weight is 363 g/mol. The molecule has 1 saturated heterocycles. The fourth-order valence-corrected chi connectivity index (χ4v) is 4.15. The standard InChI is InChI=1S/C22H25N3O2/c1-2-24-19-10-6-7-11-20(19)25(22(24)27)16-21(26)23-14-12-18(13-15-23)17-8-4-3-5-9-17/h3-11,18H,2,12-16H2,1H3. The highest BCUT2D eigenvalue weighted by molar-refractivity contribution is 5.81. The van der Waals surface area contributed by atoms with Gasteiger partial charge in [0.15, 0.2) is 0 Å². The normalized spacial score (nSPS) is 15.4. The third-order valence-corrected chi connectivity index (χ3v) is 5.65. The maximum absolute atomic E-state index is 12.9. The van der Waals surface area contributed by atoms with Crippen LogP contribution in [0, 0.1) is 0 Å². The summed E-state index contributed by atoms with van der Waals surface area (Å²) >= 11 is 0. The van der Waals surface area contributed by atoms with Crippen LogP contribution in [0.1, 0.15) is 31.2 Å². The van der Waals surface area contributed by atoms with Crippen molar-refractivity contribution in [2.75, 3.05) is 13.1 Å². The Labute approximate surface area is 158 Å². The quantitative estimate of drug-likeness (QED) is 0.714. The lowest BCUT2D eigenvalue weighted by Gasteiger charge is -2.32. The number of likely N-dealkylation sites (tertiary alicyclic amines) is 1. The minimum Gasteiger partial charge on any atom is -0.341 e. The fourth-order valence-electron chi connectivity index (χ4n) is 4.15. The second-order valence-corrected chi connectivity index (χ2v) is 7.17. The number of imidazole rings is 1. The number of hydrogen-bond acceptors (Lipinski definition) is 2. The largest absolute Gasteiger partial charge is 0.341 e. The molecule has 1 aliphatic heterocycles. The van der Waals surface area contributed by atoms with Crippen LogP contribution in [0.25, 0.3) is 11.0 Å². The topological polar surface area (TPSA) is 47.2 Å². The van der Waals surface area contributed by atoms with E-state index < -0.39 is 0 Å². The first-order valence-corrected chi connectivity index (χ1v) is 9.70. The number of aromatic nitrogens is 2. The van der Waals surface area contributed by atoms with Crippen molar-refractivity contribution in [3.8, 4) is 0 Å². The Bertz CT molecular complexity index is 995. The summed E-state index contributed by atoms with van der Waals surface area (Å²) in [5.41, 5.74) is 2.97. The second kappa shape index (κ2) is 7.43. The van der Waals surface area contributed by atoms with E-state index in [1.807, 2.05) is 42.2 Å². The summed E-state index contributed by atoms with van der Waals surface area (Å²) < 4.78 is 3.34. The molecule has 0 radical (unpaired) electrons. The van der Waals surface area contributed by atoms with E-state index >= 15 is 0 Å². The zero-order chi connectivity index (χ0) is 18.8. The SMILES string of the molecule is CCn1c(=O)n(CC(=O)N2CCC(c3ccccc3)CC2)c2ccccc21. The maximum atomic E-state index is 12.9. The van der Waals surface area contributed by atoms with Crippen LogP contribution in [-0.4, -0.2) is 33.0 Å². The number of benzene rings is 2. The van der Waals surface area contributed by atoms with E-state index in [-0.39, 0.29) is 18.1 Å². The predicted octanol–water partition coefficient (Wildman–Crippen LogP) is 3.23. The summed E-state index contributed by atoms with van der Waals surface area (Å²) in [6.07, 6.45) is 1.95. The van der Waals surface area contributed by atoms with Gasteiger partial charge in [-0.15, -0.1) is 0 Å². The smallest absolute Gasteiger partial charge is 0.329 e. The number of aryl methyl sites for hydroxylation is 1. The van der Waals surface area contributed by atoms with E-state index in [2.05, 4.69) is 24.3 Å². The molecule has 27 heavy (non-hydrogen) atoms. The molecular formula is C22H25N3O2. The molecule has 0 saturated carbocycles. The lowest BCUT2D eigenvalue weighted by atomic mass is 9.89. The highest BCUT2D eigenvalue weighted by atomic mass is 16.2. The van der Waals surface area contributed by atoms with E-state index in [4.69, 9.17) is 0 Å². The first-order valence-electron chi connectivity index (χ1n) is 9.70. The minimum atomic E-state index is -0.105. The summed E-state index contributed by atoms with van der Waals surface area (Å²) in [6, 6.07) is 18.2. The van der Waals surface area contributed by atoms with Crippen LogP contribution in [-0.2, 0) is 17.9 Å². The van der Waals surface area contributed by atoms with E-state index in [1.165, 1.54) is 5.56 Å². The molecule has 0 atom stereocenters. The molecule has 0 N–H and O–H groups in total. The zero-order valence-corrected chi connectivity index (χ0v) is 15.7. The van der Waals surface area contributed by atoms with Crippen molar-refractivity contribution >= 4 is 16.9 Å². The first-order chi connectivity index (χ1) is 13.2. The van der Waals surface area contributed by atoms with Gasteiger partial charge in [0.1, 0.15) is 6.54 Å². The van der Waals surface area contributed by atoms with Crippen LogP contribution in [0.2, 0.25) is 0 Å². The molecule has 3 aromatic rings. The number of carbonyl (C=O) groups is 1. The molecule has 2 heterocycles. The molecule has 2 aromatic carbocycles. The van der Waals surface area contributed by atoms with Crippen molar-refractivity contribution in [1.29, 1.82) is 0 Å². The van der Waals surface area contributed by atoms with Crippen LogP contribution < -0.4 is 5.69 Å². The minimum absolute atomic E-state index is 0.0302. The summed E-state index contributed by atoms with van der Waals surface area (Å²) in [5, 5.41) is 0. The molecule has 140 valence electrons. The summed E-state index contributed by atoms with van der Waals surface area (Å²) in [6.45, 7) is 4.17. The molecule has 5 heteroatoms. The van der Waals surface area contributed by atoms with E-state index in [0.29, 0.717) is 12.5 Å². The summed E-state index contributed by atoms with van der Waals surface area (Å²) in [5.74, 6) is 0.544. The number of rotatable bonds is 4. The molecule has 0 bridgehead atoms. The van der Waals surface area contributed by atoms with Gasteiger partial charge in [-0.3, -0.25) is 13.9 Å². The van der Waals surface area contributed by atoms with Crippen LogP contribution in [0.4, 0.5) is 0 Å². The number of fused-ring (bicyclic) bond motifs is 1. The first kappa shape index (κ1) is 17.6. The van der Waals surface area contributed by atoms with Gasteiger partial charge in [0.05, 0.1) is 11.0 Å². The number of nitrogens with zero attached hydrogens (tertiary/aromatic N) is 3. The number of amides is 1. The molecule has 1 fully saturated rings. The van der Waals surface area contributed by atoms with Crippen molar-refractivity contribution in [3.05, 3.63) is 70.6 Å². The average Bonchev–Trinajstić information content (AvgIpc) is 2.99. The maximum Gasteiger partial charge on any atom is 0.329 e. The Hall–Kier alpha value is -2.82. The van der Waals surface area contributed by atoms with Gasteiger partial charge in [0.2, 0.25) is 5.91 Å². The number of hydrogen-bond donors (Lipinski definition) is 0. The Morgan fingerprint density at radius 2 is 1.52 bits per heavy atom. The van der Waals surface area contributed by atoms with E-state index in [1.54, 1.807) is 9.13 Å². The van der Waals surface area contributed by atoms with Crippen LogP contribution in [0.15, 0.2) is 59.4 Å². The van der Waals surface area contributed by atoms with E-state index in [9.17, 15) is 9.59 Å². The van der Waals surface area contributed by atoms with Crippen molar-refractivity contribution in [3.63, 3.8) is 0 Å². The Kier molecular flexibility index (Phi) is 4.84. The molecule has 4 rings (SSSR count). The van der Waals surface area contributed by atoms with Gasteiger partial charge in [-0.2, -0.15) is 0 Å². The molecule has 1 amide bonds. The zero-order valence-electron chi connectivity index (χ0n) is 15.7. The Morgan fingerprint density at radius 3 is 2.15 bits per heavy atom. The van der Waals surface area contributed by atoms with Gasteiger partial charge in [-0.05, 0) is 43.4 Å². The van der Waals surface area contributed by atoms with Crippen molar-refractivity contribution in [1.82, 2.24) is 14.0 Å². The molecule has 1 aliphatic rings. The molecule has 1 aromatic heterocycles. The molecule has 0 aliphatic carbocycles. The van der Waals surface area contributed by atoms with Crippen LogP contribution in [0.5, 0.6) is 0 Å². The molecule has 0 spiro atoms. The number of para-hydroxylation sites is 2. The van der Waals surface area contributed by atoms with Gasteiger partial charge < -0.3 is 4.90 Å². The van der Waals surface area contributed by atoms with Gasteiger partial charge in [0.25, 0.3) is 0 Å². The van der Waals surface area contributed by atoms with Crippen molar-refractivity contribution < 1.29 is 4.79 Å². The van der Waals surface area contributed by atoms with Crippen molar-refractivity contribution in [2.24, 2.45) is 0 Å². The second-order valence-electron chi connectivity index (χ2n) is 7.17. The monoisotopic (exact) mass is 363 g/mol. The third-order valence-electron chi connectivity index (χ3n) is 5.65. The molecule has 5 nitrogen and oxygen atoms in total. The lowest BCUT2D eigenvalue weighted by molar-refractivity contribution is -0.132. The van der Waals surface area contributed by atoms with E-state index in [0.717, 1.165) is 37.0 Å². The molecular weight excluding hydrogens is 338 g/mol. The fraction of sp³-hybridized carbons (Fsp3) is 0.364.